The molecule has 5 aliphatic rings. The Bertz CT molecular complexity index is 1820. The normalized spacial score (nSPS) is 21.2. The Balaban J connectivity index is 0.000000189. The molecule has 3 heterocycles. The lowest BCUT2D eigenvalue weighted by Crippen LogP contribution is -2.41. The van der Waals surface area contributed by atoms with Crippen molar-refractivity contribution in [3.05, 3.63) is 120 Å². The number of aliphatic hydroxyl groups is 2. The van der Waals surface area contributed by atoms with Gasteiger partial charge in [0.05, 0.1) is 38.4 Å². The van der Waals surface area contributed by atoms with Crippen LogP contribution < -0.4 is 5.32 Å². The molecule has 3 N–H and O–H groups in total. The van der Waals surface area contributed by atoms with E-state index >= 15 is 0 Å². The zero-order valence-electron chi connectivity index (χ0n) is 41.7. The number of hydrogen-bond acceptors (Lipinski definition) is 12. The van der Waals surface area contributed by atoms with E-state index in [-0.39, 0.29) is 29.1 Å². The SMILES string of the molecule is C=CC(=O)OCC.CCOC(=O)C1CCN(Cc2ccccc2)C1.COCOCN(Cc1ccccc1)C[Si](C)(C)C.OC1(C2CCN(Cc3ccccc3)C2)CC1.OC1(C2CCNC2)CC1. The number of benzene rings is 3. The molecule has 3 aromatic carbocycles. The highest BCUT2D eigenvalue weighted by molar-refractivity contribution is 6.76. The molecule has 0 radical (unpaired) electrons. The maximum absolute atomic E-state index is 11.6. The number of hydrogen-bond donors (Lipinski definition) is 3. The van der Waals surface area contributed by atoms with Crippen LogP contribution in [0.4, 0.5) is 0 Å². The first-order valence-electron chi connectivity index (χ1n) is 24.7. The van der Waals surface area contributed by atoms with Gasteiger partial charge in [-0.1, -0.05) is 117 Å². The maximum Gasteiger partial charge on any atom is 0.330 e. The van der Waals surface area contributed by atoms with E-state index in [4.69, 9.17) is 14.2 Å². The van der Waals surface area contributed by atoms with E-state index in [0.717, 1.165) is 103 Å². The number of carbonyl (C=O) groups is 2. The molecule has 0 aromatic heterocycles. The third-order valence-corrected chi connectivity index (χ3v) is 14.0. The molecule has 3 unspecified atom stereocenters. The summed E-state index contributed by atoms with van der Waals surface area (Å²) >= 11 is 0. The predicted octanol–water partition coefficient (Wildman–Crippen LogP) is 7.91. The lowest BCUT2D eigenvalue weighted by molar-refractivity contribution is -0.147. The van der Waals surface area contributed by atoms with Crippen LogP contribution in [0.15, 0.2) is 104 Å². The van der Waals surface area contributed by atoms with Gasteiger partial charge in [-0.3, -0.25) is 19.5 Å². The van der Waals surface area contributed by atoms with Gasteiger partial charge in [0.15, 0.2) is 0 Å². The number of ether oxygens (including phenoxy) is 4. The Labute approximate surface area is 404 Å². The van der Waals surface area contributed by atoms with Gasteiger partial charge in [0.25, 0.3) is 0 Å². The molecule has 0 spiro atoms. The van der Waals surface area contributed by atoms with E-state index in [9.17, 15) is 19.8 Å². The average Bonchev–Trinajstić information content (AvgIpc) is 3.91. The summed E-state index contributed by atoms with van der Waals surface area (Å²) in [5, 5.41) is 22.9. The second-order valence-electron chi connectivity index (χ2n) is 19.8. The minimum absolute atomic E-state index is 0.0388. The number of nitrogens with zero attached hydrogens (tertiary/aromatic N) is 3. The van der Waals surface area contributed by atoms with E-state index in [2.05, 4.69) is 118 Å². The molecule has 0 bridgehead atoms. The van der Waals surface area contributed by atoms with Gasteiger partial charge in [-0.05, 0) is 101 Å². The molecular formula is C54H84N4O8Si. The van der Waals surface area contributed by atoms with Gasteiger partial charge in [-0.15, -0.1) is 0 Å². The molecule has 372 valence electrons. The van der Waals surface area contributed by atoms with Crippen molar-refractivity contribution < 1.29 is 38.7 Å². The van der Waals surface area contributed by atoms with Crippen LogP contribution >= 0.6 is 0 Å². The number of likely N-dealkylation sites (tertiary alicyclic amines) is 2. The molecule has 12 nitrogen and oxygen atoms in total. The lowest BCUT2D eigenvalue weighted by Gasteiger charge is -2.28. The number of rotatable bonds is 18. The van der Waals surface area contributed by atoms with E-state index in [1.165, 1.54) is 29.5 Å². The first-order chi connectivity index (χ1) is 32.2. The zero-order valence-corrected chi connectivity index (χ0v) is 42.7. The highest BCUT2D eigenvalue weighted by atomic mass is 28.3. The average molecular weight is 945 g/mol. The standard InChI is InChI=1S/C14H25NO2Si.C14H19NO2.C14H19NO.C7H13NO.C5H8O2/c1-16-13-17-11-15(12-18(2,3)4)10-14-8-6-5-7-9-14;1-2-17-14(16)13-8-9-15(11-13)10-12-6-4-3-5-7-12;16-14(7-8-14)13-6-9-15(11-13)10-12-4-2-1-3-5-12;9-7(2-3-7)6-1-4-8-5-6;1-3-5(6)7-4-2/h5-9H,10-13H2,1-4H3;3-7,13H,2,8-11H2,1H3;1-5,13,16H,6-11H2;6,8-9H,1-5H2;3H,1,4H2,2H3. The van der Waals surface area contributed by atoms with Crippen LogP contribution in [0.25, 0.3) is 0 Å². The molecule has 3 aromatic rings. The Morgan fingerprint density at radius 1 is 0.761 bits per heavy atom. The predicted molar refractivity (Wildman–Crippen MR) is 270 cm³/mol. The molecule has 2 aliphatic carbocycles. The fraction of sp³-hybridized carbons (Fsp3) is 0.593. The second kappa shape index (κ2) is 29.3. The molecule has 67 heavy (non-hydrogen) atoms. The summed E-state index contributed by atoms with van der Waals surface area (Å²) in [6, 6.07) is 31.5. The molecule has 3 aliphatic heterocycles. The van der Waals surface area contributed by atoms with Crippen LogP contribution in [0.5, 0.6) is 0 Å². The molecule has 0 amide bonds. The summed E-state index contributed by atoms with van der Waals surface area (Å²) in [6.45, 7) is 24.9. The van der Waals surface area contributed by atoms with Crippen molar-refractivity contribution in [2.75, 3.05) is 79.3 Å². The summed E-state index contributed by atoms with van der Waals surface area (Å²) in [5.41, 5.74) is 3.49. The largest absolute Gasteiger partial charge is 0.466 e. The molecule has 3 saturated heterocycles. The van der Waals surface area contributed by atoms with Crippen LogP contribution in [-0.4, -0.2) is 135 Å². The highest BCUT2D eigenvalue weighted by Crippen LogP contribution is 2.46. The number of esters is 2. The van der Waals surface area contributed by atoms with Crippen LogP contribution in [0.2, 0.25) is 19.6 Å². The molecule has 3 atom stereocenters. The second-order valence-corrected chi connectivity index (χ2v) is 25.2. The summed E-state index contributed by atoms with van der Waals surface area (Å²) < 4.78 is 19.9. The van der Waals surface area contributed by atoms with Crippen LogP contribution in [0.3, 0.4) is 0 Å². The van der Waals surface area contributed by atoms with Crippen molar-refractivity contribution in [3.8, 4) is 0 Å². The number of methoxy groups -OCH3 is 1. The zero-order chi connectivity index (χ0) is 48.5. The topological polar surface area (TPSA) is 133 Å². The Hall–Kier alpha value is -3.76. The van der Waals surface area contributed by atoms with Crippen LogP contribution in [-0.2, 0) is 48.2 Å². The molecule has 2 saturated carbocycles. The van der Waals surface area contributed by atoms with Gasteiger partial charge in [-0.2, -0.15) is 0 Å². The maximum atomic E-state index is 11.6. The van der Waals surface area contributed by atoms with Crippen molar-refractivity contribution in [2.45, 2.75) is 109 Å². The Kier molecular flexibility index (Phi) is 24.4. The van der Waals surface area contributed by atoms with Crippen molar-refractivity contribution in [1.82, 2.24) is 20.0 Å². The van der Waals surface area contributed by atoms with Crippen molar-refractivity contribution in [2.24, 2.45) is 17.8 Å². The highest BCUT2D eigenvalue weighted by Gasteiger charge is 2.50. The summed E-state index contributed by atoms with van der Waals surface area (Å²) in [4.78, 5) is 28.8. The number of nitrogens with one attached hydrogen (secondary N) is 1. The minimum Gasteiger partial charge on any atom is -0.466 e. The van der Waals surface area contributed by atoms with Gasteiger partial charge in [0.1, 0.15) is 13.5 Å². The monoisotopic (exact) mass is 945 g/mol. The van der Waals surface area contributed by atoms with Gasteiger partial charge in [0, 0.05) is 64.3 Å². The molecule has 13 heteroatoms. The molecule has 8 rings (SSSR count). The summed E-state index contributed by atoms with van der Waals surface area (Å²) in [7, 11) is 0.524. The fourth-order valence-electron chi connectivity index (χ4n) is 8.82. The summed E-state index contributed by atoms with van der Waals surface area (Å²) in [6.07, 6.45) is 9.67. The van der Waals surface area contributed by atoms with Crippen LogP contribution in [0, 0.1) is 17.8 Å². The lowest BCUT2D eigenvalue weighted by atomic mass is 10.00. The van der Waals surface area contributed by atoms with E-state index < -0.39 is 8.07 Å². The van der Waals surface area contributed by atoms with Gasteiger partial charge < -0.3 is 34.5 Å². The minimum atomic E-state index is -1.13. The Morgan fingerprint density at radius 3 is 1.75 bits per heavy atom. The van der Waals surface area contributed by atoms with E-state index in [1.54, 1.807) is 14.0 Å². The van der Waals surface area contributed by atoms with Crippen molar-refractivity contribution in [1.29, 1.82) is 0 Å². The first kappa shape index (κ1) is 55.8. The summed E-state index contributed by atoms with van der Waals surface area (Å²) in [5.74, 6) is 0.762. The third kappa shape index (κ3) is 22.0. The van der Waals surface area contributed by atoms with Crippen LogP contribution in [0.1, 0.15) is 75.5 Å². The van der Waals surface area contributed by atoms with Crippen molar-refractivity contribution in [3.63, 3.8) is 0 Å². The van der Waals surface area contributed by atoms with Gasteiger partial charge >= 0.3 is 11.9 Å². The Morgan fingerprint density at radius 2 is 1.28 bits per heavy atom. The van der Waals surface area contributed by atoms with Gasteiger partial charge in [-0.25, -0.2) is 4.79 Å². The van der Waals surface area contributed by atoms with E-state index in [0.29, 0.717) is 38.6 Å². The first-order valence-corrected chi connectivity index (χ1v) is 28.4. The van der Waals surface area contributed by atoms with Crippen molar-refractivity contribution >= 4 is 20.0 Å². The third-order valence-electron chi connectivity index (χ3n) is 12.6. The quantitative estimate of drug-likeness (QED) is 0.0377. The van der Waals surface area contributed by atoms with E-state index in [1.807, 2.05) is 31.2 Å². The number of carbonyl (C=O) groups excluding carboxylic acids is 2. The fourth-order valence-corrected chi connectivity index (χ4v) is 10.4. The smallest absolute Gasteiger partial charge is 0.330 e. The van der Waals surface area contributed by atoms with Gasteiger partial charge in [0.2, 0.25) is 0 Å². The molecule has 5 fully saturated rings. The molecular weight excluding hydrogens is 861 g/mol.